The Kier molecular flexibility index (Phi) is 5.58. The van der Waals surface area contributed by atoms with Crippen molar-refractivity contribution in [3.05, 3.63) is 0 Å². The number of likely N-dealkylation sites (tertiary alicyclic amines) is 1. The van der Waals surface area contributed by atoms with Crippen molar-refractivity contribution in [3.63, 3.8) is 0 Å². The van der Waals surface area contributed by atoms with E-state index in [0.717, 1.165) is 25.7 Å². The van der Waals surface area contributed by atoms with Gasteiger partial charge in [0.25, 0.3) is 0 Å². The molecule has 0 spiro atoms. The molecule has 1 saturated heterocycles. The van der Waals surface area contributed by atoms with Crippen molar-refractivity contribution in [2.24, 2.45) is 5.92 Å². The Bertz CT molecular complexity index is 169. The molecule has 0 aromatic carbocycles. The molecule has 0 saturated carbocycles. The molecule has 1 aliphatic rings. The summed E-state index contributed by atoms with van der Waals surface area (Å²) < 4.78 is 11.1. The van der Waals surface area contributed by atoms with Gasteiger partial charge in [-0.3, -0.25) is 4.90 Å². The molecule has 0 aliphatic carbocycles. The molecule has 1 aliphatic heterocycles. The Morgan fingerprint density at radius 3 is 2.20 bits per heavy atom. The topological polar surface area (TPSA) is 21.7 Å². The van der Waals surface area contributed by atoms with E-state index >= 15 is 0 Å². The molecular weight excluding hydrogens is 190 g/mol. The first-order chi connectivity index (χ1) is 7.19. The van der Waals surface area contributed by atoms with Crippen molar-refractivity contribution in [1.82, 2.24) is 4.90 Å². The Labute approximate surface area is 93.7 Å². The lowest BCUT2D eigenvalue weighted by Crippen LogP contribution is -2.38. The van der Waals surface area contributed by atoms with Gasteiger partial charge in [0.2, 0.25) is 0 Å². The Hall–Kier alpha value is -0.120. The highest BCUT2D eigenvalue weighted by Gasteiger charge is 2.29. The molecule has 0 radical (unpaired) electrons. The van der Waals surface area contributed by atoms with Crippen LogP contribution in [0.4, 0.5) is 0 Å². The lowest BCUT2D eigenvalue weighted by Gasteiger charge is -2.27. The van der Waals surface area contributed by atoms with E-state index in [1.54, 1.807) is 0 Å². The lowest BCUT2D eigenvalue weighted by molar-refractivity contribution is -0.148. The zero-order chi connectivity index (χ0) is 11.3. The van der Waals surface area contributed by atoms with Crippen molar-refractivity contribution < 1.29 is 9.47 Å². The largest absolute Gasteiger partial charge is 0.352 e. The van der Waals surface area contributed by atoms with Crippen molar-refractivity contribution in [2.45, 2.75) is 46.4 Å². The second-order valence-electron chi connectivity index (χ2n) is 4.34. The predicted molar refractivity (Wildman–Crippen MR) is 61.9 cm³/mol. The SMILES string of the molecule is CCOC(CN1CC[C@H](C)[C@@H]1C)OCC. The summed E-state index contributed by atoms with van der Waals surface area (Å²) in [4.78, 5) is 2.47. The fourth-order valence-electron chi connectivity index (χ4n) is 2.15. The van der Waals surface area contributed by atoms with Crippen LogP contribution in [0.2, 0.25) is 0 Å². The van der Waals surface area contributed by atoms with Crippen LogP contribution in [0.15, 0.2) is 0 Å². The molecule has 0 unspecified atom stereocenters. The second-order valence-corrected chi connectivity index (χ2v) is 4.34. The molecule has 1 fully saturated rings. The van der Waals surface area contributed by atoms with E-state index in [4.69, 9.17) is 9.47 Å². The highest BCUT2D eigenvalue weighted by Crippen LogP contribution is 2.23. The van der Waals surface area contributed by atoms with Crippen LogP contribution in [-0.4, -0.2) is 43.5 Å². The van der Waals surface area contributed by atoms with Gasteiger partial charge in [-0.15, -0.1) is 0 Å². The Morgan fingerprint density at radius 1 is 1.20 bits per heavy atom. The molecule has 15 heavy (non-hydrogen) atoms. The average molecular weight is 215 g/mol. The van der Waals surface area contributed by atoms with Crippen molar-refractivity contribution in [3.8, 4) is 0 Å². The number of nitrogens with zero attached hydrogens (tertiary/aromatic N) is 1. The second kappa shape index (κ2) is 6.46. The van der Waals surface area contributed by atoms with Crippen LogP contribution in [-0.2, 0) is 9.47 Å². The Morgan fingerprint density at radius 2 is 1.80 bits per heavy atom. The summed E-state index contributed by atoms with van der Waals surface area (Å²) in [5.41, 5.74) is 0. The molecule has 0 aromatic heterocycles. The molecule has 0 amide bonds. The first-order valence-electron chi connectivity index (χ1n) is 6.16. The van der Waals surface area contributed by atoms with E-state index in [-0.39, 0.29) is 6.29 Å². The minimum atomic E-state index is -0.0484. The summed E-state index contributed by atoms with van der Waals surface area (Å²) in [6.45, 7) is 12.2. The molecule has 0 aromatic rings. The molecule has 3 nitrogen and oxygen atoms in total. The van der Waals surface area contributed by atoms with Crippen LogP contribution in [0.25, 0.3) is 0 Å². The van der Waals surface area contributed by atoms with Gasteiger partial charge in [0.15, 0.2) is 6.29 Å². The van der Waals surface area contributed by atoms with Gasteiger partial charge in [0, 0.05) is 25.8 Å². The highest BCUT2D eigenvalue weighted by molar-refractivity contribution is 4.81. The maximum atomic E-state index is 5.56. The standard InChI is InChI=1S/C12H25NO2/c1-5-14-12(15-6-2)9-13-8-7-10(3)11(13)4/h10-12H,5-9H2,1-4H3/t10-,11-/m0/s1. The fourth-order valence-corrected chi connectivity index (χ4v) is 2.15. The van der Waals surface area contributed by atoms with E-state index < -0.39 is 0 Å². The van der Waals surface area contributed by atoms with Gasteiger partial charge in [-0.2, -0.15) is 0 Å². The van der Waals surface area contributed by atoms with Gasteiger partial charge in [0.05, 0.1) is 0 Å². The van der Waals surface area contributed by atoms with Crippen LogP contribution in [0.5, 0.6) is 0 Å². The smallest absolute Gasteiger partial charge is 0.170 e. The van der Waals surface area contributed by atoms with E-state index in [0.29, 0.717) is 6.04 Å². The summed E-state index contributed by atoms with van der Waals surface area (Å²) in [6.07, 6.45) is 1.25. The van der Waals surface area contributed by atoms with Gasteiger partial charge in [-0.25, -0.2) is 0 Å². The minimum Gasteiger partial charge on any atom is -0.352 e. The zero-order valence-corrected chi connectivity index (χ0v) is 10.5. The van der Waals surface area contributed by atoms with Crippen molar-refractivity contribution in [2.75, 3.05) is 26.3 Å². The zero-order valence-electron chi connectivity index (χ0n) is 10.5. The van der Waals surface area contributed by atoms with E-state index in [1.165, 1.54) is 13.0 Å². The Balaban J connectivity index is 2.36. The summed E-state index contributed by atoms with van der Waals surface area (Å²) in [5.74, 6) is 0.800. The summed E-state index contributed by atoms with van der Waals surface area (Å²) >= 11 is 0. The molecule has 1 rings (SSSR count). The maximum absolute atomic E-state index is 5.56. The highest BCUT2D eigenvalue weighted by atomic mass is 16.7. The molecule has 2 atom stereocenters. The van der Waals surface area contributed by atoms with Crippen LogP contribution in [0, 0.1) is 5.92 Å². The third kappa shape index (κ3) is 3.74. The molecule has 0 N–H and O–H groups in total. The van der Waals surface area contributed by atoms with E-state index in [2.05, 4.69) is 18.7 Å². The van der Waals surface area contributed by atoms with E-state index in [9.17, 15) is 0 Å². The van der Waals surface area contributed by atoms with Gasteiger partial charge in [-0.05, 0) is 39.7 Å². The number of rotatable bonds is 6. The summed E-state index contributed by atoms with van der Waals surface area (Å²) in [7, 11) is 0. The van der Waals surface area contributed by atoms with Gasteiger partial charge >= 0.3 is 0 Å². The van der Waals surface area contributed by atoms with Crippen LogP contribution in [0.1, 0.15) is 34.1 Å². The molecule has 1 heterocycles. The predicted octanol–water partition coefficient (Wildman–Crippen LogP) is 2.12. The molecular formula is C12H25NO2. The molecule has 3 heteroatoms. The maximum Gasteiger partial charge on any atom is 0.170 e. The van der Waals surface area contributed by atoms with Gasteiger partial charge in [-0.1, -0.05) is 6.92 Å². The van der Waals surface area contributed by atoms with Gasteiger partial charge < -0.3 is 9.47 Å². The van der Waals surface area contributed by atoms with Crippen LogP contribution < -0.4 is 0 Å². The lowest BCUT2D eigenvalue weighted by atomic mass is 10.1. The molecule has 90 valence electrons. The molecule has 0 bridgehead atoms. The number of ether oxygens (including phenoxy) is 2. The first-order valence-corrected chi connectivity index (χ1v) is 6.16. The monoisotopic (exact) mass is 215 g/mol. The van der Waals surface area contributed by atoms with Gasteiger partial charge in [0.1, 0.15) is 0 Å². The van der Waals surface area contributed by atoms with Crippen molar-refractivity contribution >= 4 is 0 Å². The quantitative estimate of drug-likeness (QED) is 0.633. The van der Waals surface area contributed by atoms with Crippen LogP contribution in [0.3, 0.4) is 0 Å². The van der Waals surface area contributed by atoms with Crippen molar-refractivity contribution in [1.29, 1.82) is 0 Å². The first kappa shape index (κ1) is 12.9. The number of hydrogen-bond donors (Lipinski definition) is 0. The minimum absolute atomic E-state index is 0.0484. The van der Waals surface area contributed by atoms with E-state index in [1.807, 2.05) is 13.8 Å². The fraction of sp³-hybridized carbons (Fsp3) is 1.00. The third-order valence-corrected chi connectivity index (χ3v) is 3.36. The number of hydrogen-bond acceptors (Lipinski definition) is 3. The summed E-state index contributed by atoms with van der Waals surface area (Å²) in [5, 5.41) is 0. The van der Waals surface area contributed by atoms with Crippen LogP contribution >= 0.6 is 0 Å². The third-order valence-electron chi connectivity index (χ3n) is 3.36. The summed E-state index contributed by atoms with van der Waals surface area (Å²) in [6, 6.07) is 0.661. The normalized spacial score (nSPS) is 27.8. The average Bonchev–Trinajstić information content (AvgIpc) is 2.51.